The second-order valence-corrected chi connectivity index (χ2v) is 9.98. The normalized spacial score (nSPS) is 20.1. The van der Waals surface area contributed by atoms with Gasteiger partial charge in [-0.05, 0) is 62.2 Å². The number of hydrogen-bond acceptors (Lipinski definition) is 4. The Balaban J connectivity index is 1.36. The van der Waals surface area contributed by atoms with Crippen molar-refractivity contribution in [2.45, 2.75) is 44.4 Å². The zero-order valence-electron chi connectivity index (χ0n) is 20.1. The van der Waals surface area contributed by atoms with Crippen molar-refractivity contribution < 1.29 is 18.0 Å². The van der Waals surface area contributed by atoms with Crippen LogP contribution in [0.2, 0.25) is 5.02 Å². The fourth-order valence-electron chi connectivity index (χ4n) is 5.28. The molecule has 10 heteroatoms. The Morgan fingerprint density at radius 2 is 1.89 bits per heavy atom. The van der Waals surface area contributed by atoms with Crippen LogP contribution in [-0.4, -0.2) is 59.1 Å². The van der Waals surface area contributed by atoms with Crippen molar-refractivity contribution in [2.75, 3.05) is 37.6 Å². The van der Waals surface area contributed by atoms with Gasteiger partial charge in [-0.15, -0.1) is 0 Å². The molecule has 2 atom stereocenters. The molecule has 1 N–H and O–H groups in total. The molecule has 0 bridgehead atoms. The molecular formula is C26H29ClF3N5O. The lowest BCUT2D eigenvalue weighted by Gasteiger charge is -2.38. The maximum atomic E-state index is 13.7. The molecule has 2 aromatic carbocycles. The van der Waals surface area contributed by atoms with Crippen molar-refractivity contribution in [3.05, 3.63) is 58.9 Å². The first-order chi connectivity index (χ1) is 17.2. The van der Waals surface area contributed by atoms with Gasteiger partial charge >= 0.3 is 6.18 Å². The van der Waals surface area contributed by atoms with Crippen LogP contribution >= 0.6 is 11.6 Å². The van der Waals surface area contributed by atoms with Crippen molar-refractivity contribution in [1.82, 2.24) is 19.8 Å². The van der Waals surface area contributed by atoms with Gasteiger partial charge in [0, 0.05) is 36.9 Å². The Morgan fingerprint density at radius 1 is 1.11 bits per heavy atom. The number of piperazine rings is 1. The third kappa shape index (κ3) is 4.91. The van der Waals surface area contributed by atoms with Crippen LogP contribution in [0, 0.1) is 0 Å². The lowest BCUT2D eigenvalue weighted by atomic mass is 10.0. The minimum atomic E-state index is -4.51. The fourth-order valence-corrected chi connectivity index (χ4v) is 5.45. The summed E-state index contributed by atoms with van der Waals surface area (Å²) < 4.78 is 43.0. The summed E-state index contributed by atoms with van der Waals surface area (Å²) in [5.41, 5.74) is 1.83. The minimum Gasteiger partial charge on any atom is -0.368 e. The molecule has 1 amide bonds. The van der Waals surface area contributed by atoms with E-state index in [0.29, 0.717) is 31.7 Å². The van der Waals surface area contributed by atoms with Gasteiger partial charge in [-0.25, -0.2) is 4.98 Å². The van der Waals surface area contributed by atoms with E-state index in [1.165, 1.54) is 12.1 Å². The summed E-state index contributed by atoms with van der Waals surface area (Å²) in [6, 6.07) is 9.06. The van der Waals surface area contributed by atoms with Crippen LogP contribution in [0.15, 0.2) is 42.7 Å². The maximum absolute atomic E-state index is 13.7. The van der Waals surface area contributed by atoms with Crippen LogP contribution in [0.1, 0.15) is 43.4 Å². The number of carbonyl (C=O) groups excluding carboxylic acids is 1. The summed E-state index contributed by atoms with van der Waals surface area (Å²) in [4.78, 5) is 21.4. The zero-order chi connectivity index (χ0) is 25.4. The van der Waals surface area contributed by atoms with Gasteiger partial charge in [0.25, 0.3) is 0 Å². The number of halogens is 4. The second kappa shape index (κ2) is 9.94. The molecule has 2 aliphatic heterocycles. The monoisotopic (exact) mass is 519 g/mol. The average Bonchev–Trinajstić information content (AvgIpc) is 3.31. The van der Waals surface area contributed by atoms with Crippen LogP contribution in [-0.2, 0) is 11.0 Å². The Labute approximate surface area is 213 Å². The molecule has 0 spiro atoms. The molecule has 0 aliphatic carbocycles. The maximum Gasteiger partial charge on any atom is 0.416 e. The molecule has 2 fully saturated rings. The summed E-state index contributed by atoms with van der Waals surface area (Å²) >= 11 is 5.88. The molecule has 5 rings (SSSR count). The smallest absolute Gasteiger partial charge is 0.368 e. The average molecular weight is 520 g/mol. The van der Waals surface area contributed by atoms with E-state index in [9.17, 15) is 18.0 Å². The molecular weight excluding hydrogens is 491 g/mol. The number of nitrogens with one attached hydrogen (secondary N) is 1. The molecule has 192 valence electrons. The van der Waals surface area contributed by atoms with Crippen molar-refractivity contribution >= 4 is 34.2 Å². The van der Waals surface area contributed by atoms with Gasteiger partial charge in [0.05, 0.1) is 35.0 Å². The van der Waals surface area contributed by atoms with E-state index in [4.69, 9.17) is 11.6 Å². The van der Waals surface area contributed by atoms with Gasteiger partial charge in [0.15, 0.2) is 0 Å². The van der Waals surface area contributed by atoms with Crippen LogP contribution in [0.4, 0.5) is 18.9 Å². The highest BCUT2D eigenvalue weighted by Crippen LogP contribution is 2.38. The SMILES string of the molecule is C[C@H](c1ccc(Cl)cc1C(F)(F)F)n1cnc2ccc(N3CCN(C(=O)[C@H]4CCCCN4)CC3)cc21. The van der Waals surface area contributed by atoms with Gasteiger partial charge in [0.2, 0.25) is 5.91 Å². The molecule has 36 heavy (non-hydrogen) atoms. The second-order valence-electron chi connectivity index (χ2n) is 9.54. The van der Waals surface area contributed by atoms with E-state index in [0.717, 1.165) is 43.1 Å². The lowest BCUT2D eigenvalue weighted by molar-refractivity contribution is -0.138. The minimum absolute atomic E-state index is 0.0490. The number of anilines is 1. The number of alkyl halides is 3. The summed E-state index contributed by atoms with van der Waals surface area (Å²) in [5, 5.41) is 3.38. The van der Waals surface area contributed by atoms with Crippen LogP contribution in [0.25, 0.3) is 11.0 Å². The zero-order valence-corrected chi connectivity index (χ0v) is 20.8. The van der Waals surface area contributed by atoms with E-state index in [-0.39, 0.29) is 22.5 Å². The summed E-state index contributed by atoms with van der Waals surface area (Å²) in [5.74, 6) is 0.181. The molecule has 0 radical (unpaired) electrons. The number of fused-ring (bicyclic) bond motifs is 1. The lowest BCUT2D eigenvalue weighted by Crippen LogP contribution is -2.55. The van der Waals surface area contributed by atoms with E-state index in [2.05, 4.69) is 15.2 Å². The molecule has 3 heterocycles. The largest absolute Gasteiger partial charge is 0.416 e. The van der Waals surface area contributed by atoms with Crippen molar-refractivity contribution in [3.8, 4) is 0 Å². The predicted octanol–water partition coefficient (Wildman–Crippen LogP) is 5.11. The molecule has 2 aliphatic rings. The Hall–Kier alpha value is -2.78. The van der Waals surface area contributed by atoms with E-state index in [1.807, 2.05) is 23.1 Å². The molecule has 0 unspecified atom stereocenters. The predicted molar refractivity (Wildman–Crippen MR) is 134 cm³/mol. The number of amides is 1. The number of hydrogen-bond donors (Lipinski definition) is 1. The number of aromatic nitrogens is 2. The quantitative estimate of drug-likeness (QED) is 0.520. The number of carbonyl (C=O) groups is 1. The first-order valence-corrected chi connectivity index (χ1v) is 12.7. The van der Waals surface area contributed by atoms with Gasteiger partial charge in [-0.3, -0.25) is 4.79 Å². The summed E-state index contributed by atoms with van der Waals surface area (Å²) in [7, 11) is 0. The highest BCUT2D eigenvalue weighted by Gasteiger charge is 2.35. The summed E-state index contributed by atoms with van der Waals surface area (Å²) in [6.45, 7) is 5.31. The number of benzene rings is 2. The standard InChI is InChI=1S/C26H29ClF3N5O/c1-17(20-7-5-18(27)14-21(20)26(28,29)30)35-16-32-22-8-6-19(15-24(22)35)33-10-12-34(13-11-33)25(36)23-4-2-3-9-31-23/h5-8,14-17,23,31H,2-4,9-13H2,1H3/t17-,23-/m1/s1. The molecule has 0 saturated carbocycles. The van der Waals surface area contributed by atoms with Gasteiger partial charge in [0.1, 0.15) is 0 Å². The van der Waals surface area contributed by atoms with E-state index >= 15 is 0 Å². The summed E-state index contributed by atoms with van der Waals surface area (Å²) in [6.07, 6.45) is 0.157. The third-order valence-corrected chi connectivity index (χ3v) is 7.55. The highest BCUT2D eigenvalue weighted by atomic mass is 35.5. The number of imidazole rings is 1. The van der Waals surface area contributed by atoms with E-state index < -0.39 is 17.8 Å². The topological polar surface area (TPSA) is 53.4 Å². The molecule has 6 nitrogen and oxygen atoms in total. The van der Waals surface area contributed by atoms with Crippen LogP contribution in [0.3, 0.4) is 0 Å². The first kappa shape index (κ1) is 24.9. The first-order valence-electron chi connectivity index (χ1n) is 12.3. The van der Waals surface area contributed by atoms with Crippen LogP contribution in [0.5, 0.6) is 0 Å². The Morgan fingerprint density at radius 3 is 2.58 bits per heavy atom. The van der Waals surface area contributed by atoms with E-state index in [1.54, 1.807) is 17.8 Å². The molecule has 3 aromatic rings. The van der Waals surface area contributed by atoms with Gasteiger partial charge < -0.3 is 19.7 Å². The number of piperidine rings is 1. The number of nitrogens with zero attached hydrogens (tertiary/aromatic N) is 4. The Kier molecular flexibility index (Phi) is 6.87. The highest BCUT2D eigenvalue weighted by molar-refractivity contribution is 6.30. The van der Waals surface area contributed by atoms with Crippen molar-refractivity contribution in [2.24, 2.45) is 0 Å². The Bertz CT molecular complexity index is 1250. The molecule has 1 aromatic heterocycles. The third-order valence-electron chi connectivity index (χ3n) is 7.31. The van der Waals surface area contributed by atoms with Crippen molar-refractivity contribution in [1.29, 1.82) is 0 Å². The fraction of sp³-hybridized carbons (Fsp3) is 0.462. The van der Waals surface area contributed by atoms with Gasteiger partial charge in [-0.2, -0.15) is 13.2 Å². The van der Waals surface area contributed by atoms with Crippen molar-refractivity contribution in [3.63, 3.8) is 0 Å². The number of rotatable bonds is 4. The van der Waals surface area contributed by atoms with Crippen LogP contribution < -0.4 is 10.2 Å². The molecule has 2 saturated heterocycles. The van der Waals surface area contributed by atoms with Gasteiger partial charge in [-0.1, -0.05) is 24.1 Å².